The molecule has 0 amide bonds. The van der Waals surface area contributed by atoms with Gasteiger partial charge in [0.1, 0.15) is 0 Å². The van der Waals surface area contributed by atoms with Gasteiger partial charge in [-0.2, -0.15) is 0 Å². The lowest BCUT2D eigenvalue weighted by Gasteiger charge is -2.26. The Morgan fingerprint density at radius 3 is 2.88 bits per heavy atom. The van der Waals surface area contributed by atoms with Gasteiger partial charge in [-0.15, -0.1) is 0 Å². The Kier molecular flexibility index (Phi) is 3.79. The summed E-state index contributed by atoms with van der Waals surface area (Å²) in [6.45, 7) is 3.94. The maximum atomic E-state index is 10.3. The van der Waals surface area contributed by atoms with Crippen LogP contribution in [0.15, 0.2) is 6.07 Å². The zero-order valence-corrected chi connectivity index (χ0v) is 11.0. The summed E-state index contributed by atoms with van der Waals surface area (Å²) in [6.07, 6.45) is 2.22. The molecule has 2 N–H and O–H groups in total. The molecule has 1 aliphatic rings. The summed E-state index contributed by atoms with van der Waals surface area (Å²) in [5.74, 6) is 0.930. The molecule has 0 radical (unpaired) electrons. The second-order valence-corrected chi connectivity index (χ2v) is 4.92. The Balaban J connectivity index is 2.44. The molecule has 2 rings (SSSR count). The van der Waals surface area contributed by atoms with Crippen molar-refractivity contribution in [1.29, 1.82) is 0 Å². The Bertz CT molecular complexity index is 414. The summed E-state index contributed by atoms with van der Waals surface area (Å²) in [5, 5.41) is 14.1. The number of hydrogen-bond acceptors (Lipinski definition) is 3. The average Bonchev–Trinajstić information content (AvgIpc) is 2.30. The molecule has 0 bridgehead atoms. The highest BCUT2D eigenvalue weighted by Crippen LogP contribution is 2.43. The maximum absolute atomic E-state index is 10.3. The van der Waals surface area contributed by atoms with E-state index in [1.807, 2.05) is 13.0 Å². The number of rotatable bonds is 2. The van der Waals surface area contributed by atoms with Crippen molar-refractivity contribution in [3.63, 3.8) is 0 Å². The van der Waals surface area contributed by atoms with E-state index < -0.39 is 0 Å². The van der Waals surface area contributed by atoms with E-state index in [1.54, 1.807) is 0 Å². The number of phenolic OH excluding ortho intramolecular Hbond substituents is 1. The minimum absolute atomic E-state index is 0.200. The van der Waals surface area contributed by atoms with Crippen molar-refractivity contribution in [3.05, 3.63) is 22.2 Å². The lowest BCUT2D eigenvalue weighted by Crippen LogP contribution is -2.28. The highest BCUT2D eigenvalue weighted by atomic mass is 35.5. The van der Waals surface area contributed by atoms with E-state index >= 15 is 0 Å². The van der Waals surface area contributed by atoms with Crippen LogP contribution in [0.25, 0.3) is 0 Å². The Hall–Kier alpha value is -0.930. The Morgan fingerprint density at radius 2 is 2.29 bits per heavy atom. The lowest BCUT2D eigenvalue weighted by molar-refractivity contribution is 0.362. The predicted molar refractivity (Wildman–Crippen MR) is 69.3 cm³/mol. The molecule has 1 saturated heterocycles. The van der Waals surface area contributed by atoms with Gasteiger partial charge in [0.25, 0.3) is 0 Å². The van der Waals surface area contributed by atoms with Gasteiger partial charge in [-0.05, 0) is 37.9 Å². The van der Waals surface area contributed by atoms with Gasteiger partial charge in [-0.3, -0.25) is 0 Å². The van der Waals surface area contributed by atoms with E-state index in [0.29, 0.717) is 16.7 Å². The number of ether oxygens (including phenoxy) is 1. The standard InChI is InChI=1S/C13H18ClNO2/c1-8-6-10(14)13(17-2)12(16)11(8)9-4-3-5-15-7-9/h6,9,15-16H,3-5,7H2,1-2H3. The topological polar surface area (TPSA) is 41.5 Å². The first-order valence-corrected chi connectivity index (χ1v) is 6.29. The van der Waals surface area contributed by atoms with E-state index in [4.69, 9.17) is 16.3 Å². The number of halogens is 1. The molecule has 1 aliphatic heterocycles. The van der Waals surface area contributed by atoms with Crippen molar-refractivity contribution >= 4 is 11.6 Å². The van der Waals surface area contributed by atoms with Crippen LogP contribution in [0.2, 0.25) is 5.02 Å². The molecule has 0 spiro atoms. The van der Waals surface area contributed by atoms with Gasteiger partial charge in [-0.25, -0.2) is 0 Å². The number of nitrogens with one attached hydrogen (secondary N) is 1. The third kappa shape index (κ3) is 2.35. The summed E-state index contributed by atoms with van der Waals surface area (Å²) in [4.78, 5) is 0. The molecule has 0 aliphatic carbocycles. The summed E-state index contributed by atoms with van der Waals surface area (Å²) >= 11 is 6.05. The number of aromatic hydroxyl groups is 1. The molecule has 1 aromatic rings. The summed E-state index contributed by atoms with van der Waals surface area (Å²) in [7, 11) is 1.53. The maximum Gasteiger partial charge on any atom is 0.179 e. The zero-order valence-electron chi connectivity index (χ0n) is 10.2. The van der Waals surface area contributed by atoms with E-state index in [-0.39, 0.29) is 5.75 Å². The normalized spacial score (nSPS) is 20.3. The molecular weight excluding hydrogens is 238 g/mol. The first kappa shape index (κ1) is 12.5. The first-order valence-electron chi connectivity index (χ1n) is 5.91. The average molecular weight is 256 g/mol. The fourth-order valence-electron chi connectivity index (χ4n) is 2.56. The molecule has 1 unspecified atom stereocenters. The first-order chi connectivity index (χ1) is 8.15. The van der Waals surface area contributed by atoms with Crippen LogP contribution in [0, 0.1) is 6.92 Å². The van der Waals surface area contributed by atoms with E-state index in [9.17, 15) is 5.11 Å². The number of benzene rings is 1. The van der Waals surface area contributed by atoms with Crippen LogP contribution in [0.3, 0.4) is 0 Å². The van der Waals surface area contributed by atoms with Gasteiger partial charge in [0.2, 0.25) is 0 Å². The minimum atomic E-state index is 0.200. The summed E-state index contributed by atoms with van der Waals surface area (Å²) < 4.78 is 5.16. The van der Waals surface area contributed by atoms with E-state index in [1.165, 1.54) is 7.11 Å². The number of phenols is 1. The third-order valence-electron chi connectivity index (χ3n) is 3.36. The van der Waals surface area contributed by atoms with Crippen LogP contribution in [0.4, 0.5) is 0 Å². The second kappa shape index (κ2) is 5.15. The molecule has 0 saturated carbocycles. The molecular formula is C13H18ClNO2. The van der Waals surface area contributed by atoms with Crippen LogP contribution < -0.4 is 10.1 Å². The minimum Gasteiger partial charge on any atom is -0.504 e. The van der Waals surface area contributed by atoms with E-state index in [0.717, 1.165) is 37.1 Å². The molecule has 3 nitrogen and oxygen atoms in total. The van der Waals surface area contributed by atoms with Crippen LogP contribution >= 0.6 is 11.6 Å². The smallest absolute Gasteiger partial charge is 0.179 e. The van der Waals surface area contributed by atoms with Gasteiger partial charge < -0.3 is 15.2 Å². The van der Waals surface area contributed by atoms with Crippen LogP contribution in [-0.4, -0.2) is 25.3 Å². The van der Waals surface area contributed by atoms with E-state index in [2.05, 4.69) is 5.32 Å². The lowest BCUT2D eigenvalue weighted by atomic mass is 9.88. The molecule has 17 heavy (non-hydrogen) atoms. The van der Waals surface area contributed by atoms with Gasteiger partial charge >= 0.3 is 0 Å². The van der Waals surface area contributed by atoms with Gasteiger partial charge in [-0.1, -0.05) is 11.6 Å². The van der Waals surface area contributed by atoms with Crippen LogP contribution in [0.5, 0.6) is 11.5 Å². The number of hydrogen-bond donors (Lipinski definition) is 2. The molecule has 1 fully saturated rings. The number of aryl methyl sites for hydroxylation is 1. The van der Waals surface area contributed by atoms with Crippen molar-refractivity contribution in [1.82, 2.24) is 5.32 Å². The van der Waals surface area contributed by atoms with Crippen molar-refractivity contribution in [2.24, 2.45) is 0 Å². The van der Waals surface area contributed by atoms with Crippen molar-refractivity contribution in [2.45, 2.75) is 25.7 Å². The number of piperidine rings is 1. The third-order valence-corrected chi connectivity index (χ3v) is 3.65. The number of methoxy groups -OCH3 is 1. The summed E-state index contributed by atoms with van der Waals surface area (Å²) in [6, 6.07) is 1.87. The van der Waals surface area contributed by atoms with Gasteiger partial charge in [0.15, 0.2) is 11.5 Å². The van der Waals surface area contributed by atoms with Crippen molar-refractivity contribution < 1.29 is 9.84 Å². The largest absolute Gasteiger partial charge is 0.504 e. The Morgan fingerprint density at radius 1 is 1.53 bits per heavy atom. The molecule has 1 atom stereocenters. The zero-order chi connectivity index (χ0) is 12.4. The van der Waals surface area contributed by atoms with Gasteiger partial charge in [0, 0.05) is 18.0 Å². The SMILES string of the molecule is COc1c(Cl)cc(C)c(C2CCCNC2)c1O. The molecule has 94 valence electrons. The predicted octanol–water partition coefficient (Wildman–Crippen LogP) is 2.83. The molecule has 0 aromatic heterocycles. The fraction of sp³-hybridized carbons (Fsp3) is 0.538. The fourth-order valence-corrected chi connectivity index (χ4v) is 2.89. The Labute approximate surface area is 107 Å². The monoisotopic (exact) mass is 255 g/mol. The molecule has 1 heterocycles. The van der Waals surface area contributed by atoms with Gasteiger partial charge in [0.05, 0.1) is 12.1 Å². The molecule has 1 aromatic carbocycles. The highest BCUT2D eigenvalue weighted by Gasteiger charge is 2.24. The van der Waals surface area contributed by atoms with Crippen LogP contribution in [-0.2, 0) is 0 Å². The second-order valence-electron chi connectivity index (χ2n) is 4.51. The van der Waals surface area contributed by atoms with Crippen molar-refractivity contribution in [2.75, 3.05) is 20.2 Å². The molecule has 4 heteroatoms. The quantitative estimate of drug-likeness (QED) is 0.854. The highest BCUT2D eigenvalue weighted by molar-refractivity contribution is 6.32. The summed E-state index contributed by atoms with van der Waals surface area (Å²) in [5.41, 5.74) is 2.00. The van der Waals surface area contributed by atoms with Crippen molar-refractivity contribution in [3.8, 4) is 11.5 Å². The van der Waals surface area contributed by atoms with Crippen LogP contribution in [0.1, 0.15) is 29.9 Å².